The Hall–Kier alpha value is -2.89. The first-order chi connectivity index (χ1) is 12.7. The number of nitrogens with one attached hydrogen (secondary N) is 1. The highest BCUT2D eigenvalue weighted by molar-refractivity contribution is 5.97. The molecule has 0 unspecified atom stereocenters. The molecule has 0 spiro atoms. The Morgan fingerprint density at radius 2 is 1.96 bits per heavy atom. The van der Waals surface area contributed by atoms with Crippen molar-refractivity contribution in [3.8, 4) is 5.75 Å². The van der Waals surface area contributed by atoms with E-state index in [1.165, 1.54) is 12.8 Å². The average Bonchev–Trinajstić information content (AvgIpc) is 3.10. The van der Waals surface area contributed by atoms with Crippen LogP contribution in [-0.2, 0) is 6.54 Å². The fourth-order valence-corrected chi connectivity index (χ4v) is 2.69. The van der Waals surface area contributed by atoms with Crippen molar-refractivity contribution in [1.29, 1.82) is 0 Å². The summed E-state index contributed by atoms with van der Waals surface area (Å²) in [5, 5.41) is 2.90. The van der Waals surface area contributed by atoms with E-state index < -0.39 is 0 Å². The lowest BCUT2D eigenvalue weighted by molar-refractivity contribution is 0.0948. The molecule has 0 radical (unpaired) electrons. The molecule has 136 valence electrons. The highest BCUT2D eigenvalue weighted by atomic mass is 16.5. The van der Waals surface area contributed by atoms with E-state index in [9.17, 15) is 4.79 Å². The first-order valence-electron chi connectivity index (χ1n) is 8.97. The molecule has 1 N–H and O–H groups in total. The highest BCUT2D eigenvalue weighted by Gasteiger charge is 2.14. The summed E-state index contributed by atoms with van der Waals surface area (Å²) in [6, 6.07) is 9.67. The van der Waals surface area contributed by atoms with Crippen molar-refractivity contribution in [2.45, 2.75) is 39.7 Å². The monoisotopic (exact) mass is 352 g/mol. The van der Waals surface area contributed by atoms with Gasteiger partial charge in [0.05, 0.1) is 6.61 Å². The average molecular weight is 352 g/mol. The first kappa shape index (κ1) is 17.9. The number of aromatic nitrogens is 3. The number of hydrogen-bond acceptors (Lipinski definition) is 4. The van der Waals surface area contributed by atoms with Crippen molar-refractivity contribution >= 4 is 11.6 Å². The summed E-state index contributed by atoms with van der Waals surface area (Å²) in [5.74, 6) is 0.626. The minimum atomic E-state index is -0.231. The van der Waals surface area contributed by atoms with Crippen LogP contribution in [0.2, 0.25) is 0 Å². The van der Waals surface area contributed by atoms with Crippen LogP contribution in [-0.4, -0.2) is 26.9 Å². The number of hydrogen-bond donors (Lipinski definition) is 1. The number of carbonyl (C=O) groups is 1. The number of nitrogens with zero attached hydrogens (tertiary/aromatic N) is 3. The standard InChI is InChI=1S/C20H24N4O2/c1-3-4-5-12-26-17-8-6-16(7-9-17)13-22-20(25)18-19-21-11-10-15(2)24(19)14-23-18/h6-11,14H,3-5,12-13H2,1-2H3,(H,22,25). The van der Waals surface area contributed by atoms with Gasteiger partial charge in [-0.2, -0.15) is 0 Å². The van der Waals surface area contributed by atoms with Crippen molar-refractivity contribution in [3.05, 3.63) is 59.8 Å². The predicted molar refractivity (Wildman–Crippen MR) is 100 cm³/mol. The number of ether oxygens (including phenoxy) is 1. The van der Waals surface area contributed by atoms with Crippen LogP contribution in [0.25, 0.3) is 5.65 Å². The molecule has 26 heavy (non-hydrogen) atoms. The second-order valence-electron chi connectivity index (χ2n) is 6.26. The maximum absolute atomic E-state index is 12.4. The van der Waals surface area contributed by atoms with E-state index in [1.54, 1.807) is 16.9 Å². The van der Waals surface area contributed by atoms with Gasteiger partial charge < -0.3 is 10.1 Å². The van der Waals surface area contributed by atoms with Gasteiger partial charge in [0.25, 0.3) is 5.91 Å². The fourth-order valence-electron chi connectivity index (χ4n) is 2.69. The number of benzene rings is 1. The van der Waals surface area contributed by atoms with Crippen molar-refractivity contribution in [3.63, 3.8) is 0 Å². The van der Waals surface area contributed by atoms with E-state index in [0.717, 1.165) is 30.0 Å². The second-order valence-corrected chi connectivity index (χ2v) is 6.26. The molecule has 2 aromatic heterocycles. The van der Waals surface area contributed by atoms with Gasteiger partial charge in [-0.05, 0) is 37.1 Å². The largest absolute Gasteiger partial charge is 0.494 e. The molecule has 0 bridgehead atoms. The van der Waals surface area contributed by atoms with E-state index in [1.807, 2.05) is 37.3 Å². The van der Waals surface area contributed by atoms with Gasteiger partial charge >= 0.3 is 0 Å². The number of unbranched alkanes of at least 4 members (excludes halogenated alkanes) is 2. The Morgan fingerprint density at radius 1 is 1.15 bits per heavy atom. The van der Waals surface area contributed by atoms with Gasteiger partial charge in [0, 0.05) is 18.4 Å². The molecule has 3 aromatic rings. The molecule has 0 aliphatic heterocycles. The lowest BCUT2D eigenvalue weighted by Crippen LogP contribution is -2.23. The lowest BCUT2D eigenvalue weighted by atomic mass is 10.2. The molecule has 6 nitrogen and oxygen atoms in total. The quantitative estimate of drug-likeness (QED) is 0.630. The molecular weight excluding hydrogens is 328 g/mol. The summed E-state index contributed by atoms with van der Waals surface area (Å²) in [5.41, 5.74) is 2.89. The fraction of sp³-hybridized carbons (Fsp3) is 0.350. The Morgan fingerprint density at radius 3 is 2.73 bits per heavy atom. The summed E-state index contributed by atoms with van der Waals surface area (Å²) in [6.45, 7) is 5.29. The smallest absolute Gasteiger partial charge is 0.274 e. The molecule has 1 amide bonds. The zero-order valence-corrected chi connectivity index (χ0v) is 15.2. The molecule has 0 saturated heterocycles. The third-order valence-electron chi connectivity index (χ3n) is 4.24. The number of rotatable bonds is 8. The highest BCUT2D eigenvalue weighted by Crippen LogP contribution is 2.13. The van der Waals surface area contributed by atoms with E-state index >= 15 is 0 Å². The summed E-state index contributed by atoms with van der Waals surface area (Å²) >= 11 is 0. The van der Waals surface area contributed by atoms with Crippen LogP contribution >= 0.6 is 0 Å². The third-order valence-corrected chi connectivity index (χ3v) is 4.24. The van der Waals surface area contributed by atoms with Crippen LogP contribution in [0.1, 0.15) is 47.9 Å². The van der Waals surface area contributed by atoms with Gasteiger partial charge in [-0.25, -0.2) is 9.97 Å². The molecule has 3 rings (SSSR count). The maximum Gasteiger partial charge on any atom is 0.274 e. The van der Waals surface area contributed by atoms with Gasteiger partial charge in [-0.1, -0.05) is 31.9 Å². The summed E-state index contributed by atoms with van der Waals surface area (Å²) < 4.78 is 7.50. The van der Waals surface area contributed by atoms with Crippen molar-refractivity contribution < 1.29 is 9.53 Å². The van der Waals surface area contributed by atoms with Gasteiger partial charge in [0.1, 0.15) is 12.1 Å². The van der Waals surface area contributed by atoms with Crippen LogP contribution in [0.4, 0.5) is 0 Å². The third kappa shape index (κ3) is 4.20. The van der Waals surface area contributed by atoms with Gasteiger partial charge in [0.15, 0.2) is 11.3 Å². The first-order valence-corrected chi connectivity index (χ1v) is 8.97. The SMILES string of the molecule is CCCCCOc1ccc(CNC(=O)c2ncn3c(C)ccnc23)cc1. The Kier molecular flexibility index (Phi) is 5.84. The van der Waals surface area contributed by atoms with Gasteiger partial charge in [0.2, 0.25) is 0 Å². The minimum absolute atomic E-state index is 0.231. The number of fused-ring (bicyclic) bond motifs is 1. The van der Waals surface area contributed by atoms with Crippen LogP contribution in [0.3, 0.4) is 0 Å². The molecule has 0 aliphatic rings. The van der Waals surface area contributed by atoms with E-state index in [-0.39, 0.29) is 5.91 Å². The summed E-state index contributed by atoms with van der Waals surface area (Å²) in [6.07, 6.45) is 6.74. The number of amides is 1. The van der Waals surface area contributed by atoms with Crippen LogP contribution in [0, 0.1) is 6.92 Å². The second kappa shape index (κ2) is 8.47. The molecular formula is C20H24N4O2. The normalized spacial score (nSPS) is 10.8. The summed E-state index contributed by atoms with van der Waals surface area (Å²) in [7, 11) is 0. The Balaban J connectivity index is 1.56. The van der Waals surface area contributed by atoms with Crippen molar-refractivity contribution in [2.24, 2.45) is 0 Å². The van der Waals surface area contributed by atoms with E-state index in [4.69, 9.17) is 4.74 Å². The lowest BCUT2D eigenvalue weighted by Gasteiger charge is -2.08. The maximum atomic E-state index is 12.4. The van der Waals surface area contributed by atoms with Gasteiger partial charge in [-0.15, -0.1) is 0 Å². The minimum Gasteiger partial charge on any atom is -0.494 e. The molecule has 0 fully saturated rings. The van der Waals surface area contributed by atoms with Crippen LogP contribution in [0.15, 0.2) is 42.9 Å². The summed E-state index contributed by atoms with van der Waals surface area (Å²) in [4.78, 5) is 20.9. The Labute approximate surface area is 153 Å². The van der Waals surface area contributed by atoms with E-state index in [0.29, 0.717) is 17.9 Å². The molecule has 0 atom stereocenters. The Bertz CT molecular complexity index is 871. The number of carbonyl (C=O) groups excluding carboxylic acids is 1. The predicted octanol–water partition coefficient (Wildman–Crippen LogP) is 3.54. The number of imidazole rings is 1. The van der Waals surface area contributed by atoms with Crippen LogP contribution < -0.4 is 10.1 Å². The van der Waals surface area contributed by atoms with Crippen molar-refractivity contribution in [1.82, 2.24) is 19.7 Å². The zero-order chi connectivity index (χ0) is 18.4. The number of aryl methyl sites for hydroxylation is 1. The molecule has 2 heterocycles. The van der Waals surface area contributed by atoms with Crippen molar-refractivity contribution in [2.75, 3.05) is 6.61 Å². The van der Waals surface area contributed by atoms with Gasteiger partial charge in [-0.3, -0.25) is 9.20 Å². The van der Waals surface area contributed by atoms with E-state index in [2.05, 4.69) is 22.2 Å². The molecule has 0 saturated carbocycles. The van der Waals surface area contributed by atoms with Crippen LogP contribution in [0.5, 0.6) is 5.75 Å². The zero-order valence-electron chi connectivity index (χ0n) is 15.2. The molecule has 6 heteroatoms. The molecule has 1 aromatic carbocycles. The molecule has 0 aliphatic carbocycles. The topological polar surface area (TPSA) is 68.5 Å².